The maximum absolute atomic E-state index is 12.4. The first-order chi connectivity index (χ1) is 14.1. The Morgan fingerprint density at radius 3 is 2.90 bits per heavy atom. The molecule has 4 heterocycles. The zero-order valence-corrected chi connectivity index (χ0v) is 16.4. The number of carbonyl (C=O) groups excluding carboxylic acids is 1. The molecule has 1 aliphatic carbocycles. The number of pyridine rings is 1. The Labute approximate surface area is 168 Å². The summed E-state index contributed by atoms with van der Waals surface area (Å²) >= 11 is 0. The number of aromatic nitrogens is 4. The Kier molecular flexibility index (Phi) is 4.34. The van der Waals surface area contributed by atoms with Gasteiger partial charge in [-0.05, 0) is 49.4 Å². The second-order valence-electron chi connectivity index (χ2n) is 8.02. The number of amides is 1. The van der Waals surface area contributed by atoms with Crippen LogP contribution in [0.5, 0.6) is 5.88 Å². The van der Waals surface area contributed by atoms with Crippen molar-refractivity contribution in [3.63, 3.8) is 0 Å². The summed E-state index contributed by atoms with van der Waals surface area (Å²) in [6.07, 6.45) is 7.25. The molecule has 0 radical (unpaired) electrons. The average molecular weight is 392 g/mol. The van der Waals surface area contributed by atoms with Crippen LogP contribution in [0.3, 0.4) is 0 Å². The lowest BCUT2D eigenvalue weighted by molar-refractivity contribution is -0.131. The van der Waals surface area contributed by atoms with Crippen LogP contribution in [0.25, 0.3) is 16.9 Å². The van der Waals surface area contributed by atoms with E-state index < -0.39 is 0 Å². The van der Waals surface area contributed by atoms with Gasteiger partial charge in [0.1, 0.15) is 5.82 Å². The summed E-state index contributed by atoms with van der Waals surface area (Å²) in [5.74, 6) is 1.66. The van der Waals surface area contributed by atoms with E-state index in [-0.39, 0.29) is 17.8 Å². The van der Waals surface area contributed by atoms with Crippen molar-refractivity contribution in [1.82, 2.24) is 24.5 Å². The molecule has 1 N–H and O–H groups in total. The van der Waals surface area contributed by atoms with E-state index in [2.05, 4.69) is 14.9 Å². The van der Waals surface area contributed by atoms with E-state index in [1.807, 2.05) is 24.1 Å². The fourth-order valence-electron chi connectivity index (χ4n) is 4.00. The number of likely N-dealkylation sites (N-methyl/N-ethyl adjacent to an activating group) is 1. The molecule has 3 aromatic heterocycles. The van der Waals surface area contributed by atoms with Gasteiger partial charge in [0, 0.05) is 32.8 Å². The third-order valence-corrected chi connectivity index (χ3v) is 6.00. The average Bonchev–Trinajstić information content (AvgIpc) is 3.25. The van der Waals surface area contributed by atoms with Crippen LogP contribution >= 0.6 is 0 Å². The Bertz CT molecular complexity index is 1060. The first kappa shape index (κ1) is 17.9. The summed E-state index contributed by atoms with van der Waals surface area (Å²) in [4.78, 5) is 24.9. The molecule has 8 heteroatoms. The molecule has 0 spiro atoms. The number of imidazole rings is 1. The molecule has 1 aliphatic heterocycles. The van der Waals surface area contributed by atoms with Gasteiger partial charge >= 0.3 is 0 Å². The van der Waals surface area contributed by atoms with Gasteiger partial charge in [0.15, 0.2) is 5.65 Å². The van der Waals surface area contributed by atoms with Crippen molar-refractivity contribution < 1.29 is 9.90 Å². The van der Waals surface area contributed by atoms with E-state index in [1.165, 1.54) is 12.8 Å². The Morgan fingerprint density at radius 1 is 1.24 bits per heavy atom. The number of hydrogen-bond donors (Lipinski definition) is 1. The Balaban J connectivity index is 1.37. The molecule has 5 rings (SSSR count). The van der Waals surface area contributed by atoms with Crippen LogP contribution < -0.4 is 4.90 Å². The summed E-state index contributed by atoms with van der Waals surface area (Å²) in [6.45, 7) is 1.62. The molecule has 0 aromatic carbocycles. The van der Waals surface area contributed by atoms with Crippen LogP contribution in [0.15, 0.2) is 36.7 Å². The predicted octanol–water partition coefficient (Wildman–Crippen LogP) is 2.33. The minimum Gasteiger partial charge on any atom is -0.493 e. The van der Waals surface area contributed by atoms with Crippen molar-refractivity contribution in [3.05, 3.63) is 36.7 Å². The third-order valence-electron chi connectivity index (χ3n) is 6.00. The van der Waals surface area contributed by atoms with E-state index in [0.29, 0.717) is 29.2 Å². The van der Waals surface area contributed by atoms with Gasteiger partial charge in [-0.25, -0.2) is 14.5 Å². The second kappa shape index (κ2) is 7.02. The molecule has 1 unspecified atom stereocenters. The number of aromatic hydroxyl groups is 1. The van der Waals surface area contributed by atoms with Crippen LogP contribution in [0, 0.1) is 5.92 Å². The predicted molar refractivity (Wildman–Crippen MR) is 109 cm³/mol. The summed E-state index contributed by atoms with van der Waals surface area (Å²) in [7, 11) is 1.93. The number of fused-ring (bicyclic) bond motifs is 1. The Morgan fingerprint density at radius 2 is 2.10 bits per heavy atom. The highest BCUT2D eigenvalue weighted by Gasteiger charge is 2.32. The highest BCUT2D eigenvalue weighted by Crippen LogP contribution is 2.33. The fraction of sp³-hybridized carbons (Fsp3) is 0.429. The van der Waals surface area contributed by atoms with Crippen LogP contribution in [-0.2, 0) is 4.79 Å². The SMILES string of the molecule is CN(C(=O)CC1CC1)C1CCN(c2ccc3ncc(-c4cccnc4O)n3n2)C1. The fourth-order valence-corrected chi connectivity index (χ4v) is 4.00. The highest BCUT2D eigenvalue weighted by atomic mass is 16.3. The standard InChI is InChI=1S/C21H24N6O2/c1-25(20(28)11-14-4-5-14)15-8-10-26(13-15)19-7-6-18-23-12-17(27(18)24-19)16-3-2-9-22-21(16)29/h2-3,6-7,9,12,14-15H,4-5,8,10-11,13H2,1H3,(H,22,29). The molecule has 1 amide bonds. The smallest absolute Gasteiger partial charge is 0.222 e. The zero-order valence-electron chi connectivity index (χ0n) is 16.4. The minimum atomic E-state index is -0.0430. The van der Waals surface area contributed by atoms with Crippen molar-refractivity contribution in [2.24, 2.45) is 5.92 Å². The lowest BCUT2D eigenvalue weighted by atomic mass is 10.2. The summed E-state index contributed by atoms with van der Waals surface area (Å²) in [5.41, 5.74) is 1.99. The Hall–Kier alpha value is -3.16. The number of nitrogens with zero attached hydrogens (tertiary/aromatic N) is 6. The van der Waals surface area contributed by atoms with Crippen molar-refractivity contribution in [1.29, 1.82) is 0 Å². The molecular formula is C21H24N6O2. The monoisotopic (exact) mass is 392 g/mol. The van der Waals surface area contributed by atoms with Crippen molar-refractivity contribution in [2.45, 2.75) is 31.7 Å². The largest absolute Gasteiger partial charge is 0.493 e. The van der Waals surface area contributed by atoms with E-state index in [0.717, 1.165) is 25.3 Å². The maximum atomic E-state index is 12.4. The highest BCUT2D eigenvalue weighted by molar-refractivity contribution is 5.77. The van der Waals surface area contributed by atoms with Gasteiger partial charge in [-0.2, -0.15) is 0 Å². The number of carbonyl (C=O) groups is 1. The van der Waals surface area contributed by atoms with Crippen molar-refractivity contribution in [3.8, 4) is 17.1 Å². The summed E-state index contributed by atoms with van der Waals surface area (Å²) < 4.78 is 1.74. The van der Waals surface area contributed by atoms with Crippen LogP contribution in [0.2, 0.25) is 0 Å². The van der Waals surface area contributed by atoms with Crippen molar-refractivity contribution in [2.75, 3.05) is 25.0 Å². The molecular weight excluding hydrogens is 368 g/mol. The molecule has 150 valence electrons. The topological polar surface area (TPSA) is 86.9 Å². The summed E-state index contributed by atoms with van der Waals surface area (Å²) in [6, 6.07) is 7.67. The maximum Gasteiger partial charge on any atom is 0.222 e. The van der Waals surface area contributed by atoms with Gasteiger partial charge in [-0.3, -0.25) is 4.79 Å². The molecule has 2 aliphatic rings. The number of hydrogen-bond acceptors (Lipinski definition) is 6. The van der Waals surface area contributed by atoms with E-state index in [4.69, 9.17) is 5.10 Å². The molecule has 3 aromatic rings. The van der Waals surface area contributed by atoms with Crippen LogP contribution in [-0.4, -0.2) is 61.7 Å². The quantitative estimate of drug-likeness (QED) is 0.717. The van der Waals surface area contributed by atoms with Gasteiger partial charge in [-0.1, -0.05) is 0 Å². The molecule has 2 fully saturated rings. The van der Waals surface area contributed by atoms with Crippen molar-refractivity contribution >= 4 is 17.4 Å². The van der Waals surface area contributed by atoms with Gasteiger partial charge < -0.3 is 14.9 Å². The number of rotatable bonds is 5. The molecule has 1 saturated heterocycles. The third kappa shape index (κ3) is 3.39. The molecule has 1 saturated carbocycles. The van der Waals surface area contributed by atoms with Gasteiger partial charge in [0.25, 0.3) is 0 Å². The molecule has 8 nitrogen and oxygen atoms in total. The van der Waals surface area contributed by atoms with Gasteiger partial charge in [-0.15, -0.1) is 5.10 Å². The summed E-state index contributed by atoms with van der Waals surface area (Å²) in [5, 5.41) is 14.9. The minimum absolute atomic E-state index is 0.0430. The van der Waals surface area contributed by atoms with Crippen LogP contribution in [0.1, 0.15) is 25.7 Å². The van der Waals surface area contributed by atoms with E-state index in [9.17, 15) is 9.90 Å². The van der Waals surface area contributed by atoms with E-state index >= 15 is 0 Å². The number of anilines is 1. The van der Waals surface area contributed by atoms with E-state index in [1.54, 1.807) is 29.0 Å². The zero-order chi connectivity index (χ0) is 20.0. The molecule has 29 heavy (non-hydrogen) atoms. The first-order valence-corrected chi connectivity index (χ1v) is 10.1. The van der Waals surface area contributed by atoms with Gasteiger partial charge in [0.05, 0.1) is 23.5 Å². The lowest BCUT2D eigenvalue weighted by Gasteiger charge is -2.25. The van der Waals surface area contributed by atoms with Crippen LogP contribution in [0.4, 0.5) is 5.82 Å². The first-order valence-electron chi connectivity index (χ1n) is 10.1. The normalized spacial score (nSPS) is 19.1. The molecule has 1 atom stereocenters. The lowest BCUT2D eigenvalue weighted by Crippen LogP contribution is -2.39. The second-order valence-corrected chi connectivity index (χ2v) is 8.02. The van der Waals surface area contributed by atoms with Gasteiger partial charge in [0.2, 0.25) is 11.8 Å². The molecule has 0 bridgehead atoms.